The van der Waals surface area contributed by atoms with Crippen LogP contribution >= 0.6 is 27.7 Å². The lowest BCUT2D eigenvalue weighted by molar-refractivity contribution is -0.127. The van der Waals surface area contributed by atoms with Crippen LogP contribution in [-0.4, -0.2) is 42.7 Å². The molecular formula is C21H19BrN2O5S. The average molecular weight is 491 g/mol. The van der Waals surface area contributed by atoms with Crippen molar-refractivity contribution in [3.05, 3.63) is 56.9 Å². The van der Waals surface area contributed by atoms with Crippen LogP contribution in [0, 0.1) is 6.92 Å². The van der Waals surface area contributed by atoms with Crippen molar-refractivity contribution in [3.8, 4) is 11.5 Å². The fourth-order valence-corrected chi connectivity index (χ4v) is 4.01. The van der Waals surface area contributed by atoms with Crippen LogP contribution in [0.2, 0.25) is 0 Å². The van der Waals surface area contributed by atoms with Crippen molar-refractivity contribution in [2.45, 2.75) is 6.92 Å². The zero-order valence-corrected chi connectivity index (χ0v) is 18.9. The Labute approximate surface area is 186 Å². The summed E-state index contributed by atoms with van der Waals surface area (Å²) in [7, 11) is 3.03. The van der Waals surface area contributed by atoms with Crippen molar-refractivity contribution >= 4 is 56.5 Å². The number of nitrogens with one attached hydrogen (secondary N) is 1. The van der Waals surface area contributed by atoms with Crippen LogP contribution in [0.4, 0.5) is 10.5 Å². The summed E-state index contributed by atoms with van der Waals surface area (Å²) in [5.74, 6) is 0.0477. The minimum atomic E-state index is -0.522. The fourth-order valence-electron chi connectivity index (χ4n) is 2.74. The number of nitrogens with zero attached hydrogens (tertiary/aromatic N) is 1. The number of hydrogen-bond acceptors (Lipinski definition) is 6. The van der Waals surface area contributed by atoms with E-state index in [1.807, 2.05) is 19.1 Å². The van der Waals surface area contributed by atoms with Gasteiger partial charge in [0.1, 0.15) is 6.54 Å². The van der Waals surface area contributed by atoms with Crippen molar-refractivity contribution in [1.82, 2.24) is 4.90 Å². The number of aryl methyl sites for hydroxylation is 1. The second-order valence-electron chi connectivity index (χ2n) is 6.41. The van der Waals surface area contributed by atoms with E-state index >= 15 is 0 Å². The van der Waals surface area contributed by atoms with Crippen LogP contribution in [0.1, 0.15) is 11.1 Å². The van der Waals surface area contributed by atoms with Crippen LogP contribution in [-0.2, 0) is 9.59 Å². The molecule has 0 aromatic heterocycles. The molecule has 1 heterocycles. The van der Waals surface area contributed by atoms with Gasteiger partial charge in [0.2, 0.25) is 5.91 Å². The molecule has 0 atom stereocenters. The summed E-state index contributed by atoms with van der Waals surface area (Å²) < 4.78 is 11.2. The van der Waals surface area contributed by atoms with Gasteiger partial charge in [0.05, 0.1) is 19.1 Å². The Morgan fingerprint density at radius 2 is 1.77 bits per heavy atom. The number of benzene rings is 2. The summed E-state index contributed by atoms with van der Waals surface area (Å²) in [5.41, 5.74) is 2.30. The zero-order valence-electron chi connectivity index (χ0n) is 16.5. The monoisotopic (exact) mass is 490 g/mol. The molecule has 1 aliphatic heterocycles. The standard InChI is InChI=1S/C21H19BrN2O5S/c1-12-4-6-14(7-5-12)23-19(25)11-24-20(26)18(30-21(24)27)9-13-8-16(28-2)17(29-3)10-15(13)22/h4-10H,11H2,1-3H3,(H,23,25)/b18-9-. The van der Waals surface area contributed by atoms with Crippen molar-refractivity contribution in [3.63, 3.8) is 0 Å². The van der Waals surface area contributed by atoms with E-state index in [-0.39, 0.29) is 11.4 Å². The van der Waals surface area contributed by atoms with Crippen LogP contribution in [0.3, 0.4) is 0 Å². The van der Waals surface area contributed by atoms with Gasteiger partial charge < -0.3 is 14.8 Å². The third kappa shape index (κ3) is 4.85. The van der Waals surface area contributed by atoms with Crippen molar-refractivity contribution in [2.75, 3.05) is 26.1 Å². The highest BCUT2D eigenvalue weighted by Gasteiger charge is 2.36. The quantitative estimate of drug-likeness (QED) is 0.602. The van der Waals surface area contributed by atoms with Crippen LogP contribution in [0.5, 0.6) is 11.5 Å². The van der Waals surface area contributed by atoms with Gasteiger partial charge in [0, 0.05) is 10.2 Å². The van der Waals surface area contributed by atoms with E-state index in [1.165, 1.54) is 14.2 Å². The summed E-state index contributed by atoms with van der Waals surface area (Å²) in [4.78, 5) is 38.5. The van der Waals surface area contributed by atoms with Gasteiger partial charge in [-0.1, -0.05) is 33.6 Å². The summed E-state index contributed by atoms with van der Waals surface area (Å²) >= 11 is 4.21. The first-order valence-corrected chi connectivity index (χ1v) is 10.5. The van der Waals surface area contributed by atoms with E-state index in [1.54, 1.807) is 30.3 Å². The molecule has 9 heteroatoms. The molecule has 0 bridgehead atoms. The first kappa shape index (κ1) is 21.9. The maximum Gasteiger partial charge on any atom is 0.294 e. The third-order valence-electron chi connectivity index (χ3n) is 4.30. The second-order valence-corrected chi connectivity index (χ2v) is 8.26. The normalized spacial score (nSPS) is 14.9. The van der Waals surface area contributed by atoms with Crippen LogP contribution < -0.4 is 14.8 Å². The molecule has 1 aliphatic rings. The van der Waals surface area contributed by atoms with Gasteiger partial charge in [-0.25, -0.2) is 0 Å². The number of imide groups is 1. The molecule has 0 unspecified atom stereocenters. The minimum absolute atomic E-state index is 0.219. The maximum atomic E-state index is 12.7. The number of anilines is 1. The van der Waals surface area contributed by atoms with Gasteiger partial charge in [-0.2, -0.15) is 0 Å². The second kappa shape index (κ2) is 9.36. The van der Waals surface area contributed by atoms with E-state index in [4.69, 9.17) is 9.47 Å². The first-order chi connectivity index (χ1) is 14.3. The lowest BCUT2D eigenvalue weighted by Crippen LogP contribution is -2.36. The molecule has 1 N–H and O–H groups in total. The van der Waals surface area contributed by atoms with E-state index in [2.05, 4.69) is 21.2 Å². The van der Waals surface area contributed by atoms with Crippen molar-refractivity contribution in [1.29, 1.82) is 0 Å². The number of carbonyl (C=O) groups is 3. The summed E-state index contributed by atoms with van der Waals surface area (Å²) in [6.45, 7) is 1.58. The Balaban J connectivity index is 1.76. The largest absolute Gasteiger partial charge is 0.493 e. The highest BCUT2D eigenvalue weighted by molar-refractivity contribution is 9.10. The lowest BCUT2D eigenvalue weighted by atomic mass is 10.2. The Bertz CT molecular complexity index is 1040. The van der Waals surface area contributed by atoms with Gasteiger partial charge in [0.25, 0.3) is 11.1 Å². The number of ether oxygens (including phenoxy) is 2. The Kier molecular flexibility index (Phi) is 6.84. The lowest BCUT2D eigenvalue weighted by Gasteiger charge is -2.12. The highest BCUT2D eigenvalue weighted by atomic mass is 79.9. The smallest absolute Gasteiger partial charge is 0.294 e. The molecule has 3 rings (SSSR count). The summed E-state index contributed by atoms with van der Waals surface area (Å²) in [5, 5.41) is 2.19. The van der Waals surface area contributed by atoms with Crippen molar-refractivity contribution in [2.24, 2.45) is 0 Å². The molecule has 1 saturated heterocycles. The molecule has 2 aromatic carbocycles. The maximum absolute atomic E-state index is 12.7. The number of rotatable bonds is 6. The number of methoxy groups -OCH3 is 2. The van der Waals surface area contributed by atoms with Gasteiger partial charge in [-0.05, 0) is 54.6 Å². The van der Waals surface area contributed by atoms with Gasteiger partial charge in [-0.3, -0.25) is 19.3 Å². The topological polar surface area (TPSA) is 84.9 Å². The average Bonchev–Trinajstić information content (AvgIpc) is 2.98. The highest BCUT2D eigenvalue weighted by Crippen LogP contribution is 2.37. The molecule has 7 nitrogen and oxygen atoms in total. The number of carbonyl (C=O) groups excluding carboxylic acids is 3. The van der Waals surface area contributed by atoms with E-state index in [0.29, 0.717) is 27.2 Å². The van der Waals surface area contributed by atoms with Gasteiger partial charge in [-0.15, -0.1) is 0 Å². The Hall–Kier alpha value is -2.78. The molecule has 0 saturated carbocycles. The molecule has 3 amide bonds. The third-order valence-corrected chi connectivity index (χ3v) is 5.89. The number of halogens is 1. The number of amides is 3. The Morgan fingerprint density at radius 3 is 2.40 bits per heavy atom. The van der Waals surface area contributed by atoms with E-state index in [0.717, 1.165) is 22.2 Å². The number of thioether (sulfide) groups is 1. The first-order valence-electron chi connectivity index (χ1n) is 8.85. The molecule has 30 heavy (non-hydrogen) atoms. The van der Waals surface area contributed by atoms with Crippen LogP contribution in [0.15, 0.2) is 45.8 Å². The molecule has 1 fully saturated rings. The van der Waals surface area contributed by atoms with Crippen molar-refractivity contribution < 1.29 is 23.9 Å². The van der Waals surface area contributed by atoms with Crippen LogP contribution in [0.25, 0.3) is 6.08 Å². The molecule has 2 aromatic rings. The summed E-state index contributed by atoms with van der Waals surface area (Å²) in [6.07, 6.45) is 1.58. The molecule has 0 aliphatic carbocycles. The fraction of sp³-hybridized carbons (Fsp3) is 0.190. The summed E-state index contributed by atoms with van der Waals surface area (Å²) in [6, 6.07) is 10.6. The van der Waals surface area contributed by atoms with Gasteiger partial charge in [0.15, 0.2) is 11.5 Å². The molecular weight excluding hydrogens is 472 g/mol. The zero-order chi connectivity index (χ0) is 21.8. The van der Waals surface area contributed by atoms with E-state index in [9.17, 15) is 14.4 Å². The molecule has 156 valence electrons. The predicted octanol–water partition coefficient (Wildman–Crippen LogP) is 4.45. The Morgan fingerprint density at radius 1 is 1.13 bits per heavy atom. The van der Waals surface area contributed by atoms with E-state index < -0.39 is 17.1 Å². The number of hydrogen-bond donors (Lipinski definition) is 1. The minimum Gasteiger partial charge on any atom is -0.493 e. The molecule has 0 radical (unpaired) electrons. The predicted molar refractivity (Wildman–Crippen MR) is 120 cm³/mol. The van der Waals surface area contributed by atoms with Gasteiger partial charge >= 0.3 is 0 Å². The molecule has 0 spiro atoms. The SMILES string of the molecule is COc1cc(Br)c(/C=C2\SC(=O)N(CC(=O)Nc3ccc(C)cc3)C2=O)cc1OC.